The van der Waals surface area contributed by atoms with Crippen LogP contribution in [0.2, 0.25) is 0 Å². The molecule has 0 atom stereocenters. The van der Waals surface area contributed by atoms with E-state index in [1.54, 1.807) is 18.5 Å². The number of amides is 1. The van der Waals surface area contributed by atoms with E-state index in [-0.39, 0.29) is 5.91 Å². The molecule has 4 nitrogen and oxygen atoms in total. The molecule has 4 heteroatoms. The van der Waals surface area contributed by atoms with Crippen LogP contribution in [0.25, 0.3) is 0 Å². The first-order valence-electron chi connectivity index (χ1n) is 6.73. The Morgan fingerprint density at radius 3 is 2.39 bits per heavy atom. The predicted octanol–water partition coefficient (Wildman–Crippen LogP) is 1.93. The van der Waals surface area contributed by atoms with Crippen molar-refractivity contribution in [3.05, 3.63) is 24.0 Å². The normalized spacial score (nSPS) is 18.7. The summed E-state index contributed by atoms with van der Waals surface area (Å²) in [6.45, 7) is 1.80. The third kappa shape index (κ3) is 2.63. The van der Waals surface area contributed by atoms with E-state index in [0.717, 1.165) is 24.9 Å². The molecule has 0 spiro atoms. The third-order valence-corrected chi connectivity index (χ3v) is 3.72. The molecule has 2 aliphatic carbocycles. The minimum absolute atomic E-state index is 0.0775. The number of nitrogen functional groups attached to an aromatic ring is 1. The number of pyridine rings is 1. The maximum absolute atomic E-state index is 12.5. The summed E-state index contributed by atoms with van der Waals surface area (Å²) in [6, 6.07) is 1.73. The Balaban J connectivity index is 1.75. The van der Waals surface area contributed by atoms with Gasteiger partial charge in [0.25, 0.3) is 5.91 Å². The smallest absolute Gasteiger partial charge is 0.256 e. The van der Waals surface area contributed by atoms with E-state index < -0.39 is 0 Å². The van der Waals surface area contributed by atoms with Crippen LogP contribution in [0.4, 0.5) is 5.69 Å². The highest BCUT2D eigenvalue weighted by Gasteiger charge is 2.32. The second-order valence-electron chi connectivity index (χ2n) is 5.56. The molecule has 0 saturated heterocycles. The first-order valence-corrected chi connectivity index (χ1v) is 6.73. The number of carbonyl (C=O) groups excluding carboxylic acids is 1. The standard InChI is InChI=1S/C14H19N3O/c15-13-7-16-6-5-12(13)14(18)17(8-10-1-2-10)9-11-3-4-11/h5-7,10-11H,1-4,8-9,15H2. The fourth-order valence-corrected chi connectivity index (χ4v) is 2.24. The van der Waals surface area contributed by atoms with Crippen LogP contribution < -0.4 is 5.73 Å². The van der Waals surface area contributed by atoms with Crippen molar-refractivity contribution in [2.75, 3.05) is 18.8 Å². The molecular formula is C14H19N3O. The van der Waals surface area contributed by atoms with Gasteiger partial charge in [0.2, 0.25) is 0 Å². The van der Waals surface area contributed by atoms with Crippen molar-refractivity contribution < 1.29 is 4.79 Å². The largest absolute Gasteiger partial charge is 0.397 e. The average Bonchev–Trinajstić information content (AvgIpc) is 3.23. The summed E-state index contributed by atoms with van der Waals surface area (Å²) < 4.78 is 0. The lowest BCUT2D eigenvalue weighted by atomic mass is 10.2. The van der Waals surface area contributed by atoms with Crippen molar-refractivity contribution in [1.82, 2.24) is 9.88 Å². The minimum atomic E-state index is 0.0775. The Hall–Kier alpha value is -1.58. The number of nitrogens with zero attached hydrogens (tertiary/aromatic N) is 2. The van der Waals surface area contributed by atoms with Crippen molar-refractivity contribution in [3.8, 4) is 0 Å². The molecule has 2 saturated carbocycles. The Morgan fingerprint density at radius 2 is 1.89 bits per heavy atom. The van der Waals surface area contributed by atoms with Crippen LogP contribution in [0.3, 0.4) is 0 Å². The van der Waals surface area contributed by atoms with Gasteiger partial charge in [0.05, 0.1) is 17.4 Å². The Morgan fingerprint density at radius 1 is 1.28 bits per heavy atom. The van der Waals surface area contributed by atoms with Crippen molar-refractivity contribution in [2.45, 2.75) is 25.7 Å². The van der Waals surface area contributed by atoms with Gasteiger partial charge < -0.3 is 10.6 Å². The lowest BCUT2D eigenvalue weighted by molar-refractivity contribution is 0.0740. The number of aromatic nitrogens is 1. The monoisotopic (exact) mass is 245 g/mol. The highest BCUT2D eigenvalue weighted by atomic mass is 16.2. The summed E-state index contributed by atoms with van der Waals surface area (Å²) in [7, 11) is 0. The molecular weight excluding hydrogens is 226 g/mol. The minimum Gasteiger partial charge on any atom is -0.397 e. The zero-order valence-electron chi connectivity index (χ0n) is 10.5. The van der Waals surface area contributed by atoms with Gasteiger partial charge in [-0.05, 0) is 43.6 Å². The van der Waals surface area contributed by atoms with Gasteiger partial charge >= 0.3 is 0 Å². The van der Waals surface area contributed by atoms with Crippen molar-refractivity contribution in [1.29, 1.82) is 0 Å². The van der Waals surface area contributed by atoms with Crippen LogP contribution in [0.1, 0.15) is 36.0 Å². The van der Waals surface area contributed by atoms with Gasteiger partial charge in [-0.25, -0.2) is 0 Å². The van der Waals surface area contributed by atoms with Gasteiger partial charge in [-0.1, -0.05) is 0 Å². The highest BCUT2D eigenvalue weighted by molar-refractivity contribution is 5.98. The lowest BCUT2D eigenvalue weighted by Crippen LogP contribution is -2.35. The molecule has 2 fully saturated rings. The molecule has 1 aromatic rings. The zero-order valence-corrected chi connectivity index (χ0v) is 10.5. The van der Waals surface area contributed by atoms with Gasteiger partial charge in [0.1, 0.15) is 0 Å². The number of hydrogen-bond acceptors (Lipinski definition) is 3. The SMILES string of the molecule is Nc1cnccc1C(=O)N(CC1CC1)CC1CC1. The number of rotatable bonds is 5. The number of carbonyl (C=O) groups is 1. The van der Waals surface area contributed by atoms with Crippen LogP contribution in [-0.2, 0) is 0 Å². The Labute approximate surface area is 107 Å². The maximum atomic E-state index is 12.5. The molecule has 1 heterocycles. The summed E-state index contributed by atoms with van der Waals surface area (Å²) in [5.74, 6) is 1.51. The summed E-state index contributed by atoms with van der Waals surface area (Å²) >= 11 is 0. The molecule has 2 aliphatic rings. The maximum Gasteiger partial charge on any atom is 0.256 e. The van der Waals surface area contributed by atoms with E-state index in [0.29, 0.717) is 11.3 Å². The molecule has 2 N–H and O–H groups in total. The van der Waals surface area contributed by atoms with Gasteiger partial charge in [-0.3, -0.25) is 9.78 Å². The Bertz CT molecular complexity index is 438. The topological polar surface area (TPSA) is 59.2 Å². The summed E-state index contributed by atoms with van der Waals surface area (Å²) in [6.07, 6.45) is 8.25. The van der Waals surface area contributed by atoms with Gasteiger partial charge in [0, 0.05) is 19.3 Å². The molecule has 1 aromatic heterocycles. The molecule has 0 aromatic carbocycles. The van der Waals surface area contributed by atoms with E-state index >= 15 is 0 Å². The summed E-state index contributed by atoms with van der Waals surface area (Å²) in [4.78, 5) is 18.4. The lowest BCUT2D eigenvalue weighted by Gasteiger charge is -2.23. The highest BCUT2D eigenvalue weighted by Crippen LogP contribution is 2.34. The first-order chi connectivity index (χ1) is 8.74. The molecule has 96 valence electrons. The van der Waals surface area contributed by atoms with Crippen LogP contribution in [0.5, 0.6) is 0 Å². The molecule has 18 heavy (non-hydrogen) atoms. The van der Waals surface area contributed by atoms with E-state index in [1.807, 2.05) is 4.90 Å². The van der Waals surface area contributed by atoms with Crippen LogP contribution in [0.15, 0.2) is 18.5 Å². The quantitative estimate of drug-likeness (QED) is 0.862. The fourth-order valence-electron chi connectivity index (χ4n) is 2.24. The van der Waals surface area contributed by atoms with Crippen molar-refractivity contribution >= 4 is 11.6 Å². The van der Waals surface area contributed by atoms with E-state index in [4.69, 9.17) is 5.73 Å². The van der Waals surface area contributed by atoms with Crippen LogP contribution in [-0.4, -0.2) is 28.9 Å². The molecule has 0 bridgehead atoms. The number of nitrogens with two attached hydrogens (primary N) is 1. The number of hydrogen-bond donors (Lipinski definition) is 1. The molecule has 0 radical (unpaired) electrons. The number of anilines is 1. The van der Waals surface area contributed by atoms with Crippen LogP contribution >= 0.6 is 0 Å². The predicted molar refractivity (Wildman–Crippen MR) is 70.0 cm³/mol. The molecule has 0 aliphatic heterocycles. The Kier molecular flexibility index (Phi) is 2.94. The summed E-state index contributed by atoms with van der Waals surface area (Å²) in [5.41, 5.74) is 6.93. The van der Waals surface area contributed by atoms with E-state index in [9.17, 15) is 4.79 Å². The van der Waals surface area contributed by atoms with Gasteiger partial charge in [-0.15, -0.1) is 0 Å². The second kappa shape index (κ2) is 4.59. The van der Waals surface area contributed by atoms with Crippen molar-refractivity contribution in [3.63, 3.8) is 0 Å². The second-order valence-corrected chi connectivity index (χ2v) is 5.56. The average molecular weight is 245 g/mol. The molecule has 3 rings (SSSR count). The molecule has 0 unspecified atom stereocenters. The van der Waals surface area contributed by atoms with E-state index in [1.165, 1.54) is 25.7 Å². The fraction of sp³-hybridized carbons (Fsp3) is 0.571. The van der Waals surface area contributed by atoms with E-state index in [2.05, 4.69) is 4.98 Å². The van der Waals surface area contributed by atoms with Gasteiger partial charge in [-0.2, -0.15) is 0 Å². The van der Waals surface area contributed by atoms with Gasteiger partial charge in [0.15, 0.2) is 0 Å². The zero-order chi connectivity index (χ0) is 12.5. The third-order valence-electron chi connectivity index (χ3n) is 3.72. The molecule has 1 amide bonds. The first kappa shape index (κ1) is 11.5. The van der Waals surface area contributed by atoms with Crippen LogP contribution in [0, 0.1) is 11.8 Å². The summed E-state index contributed by atoms with van der Waals surface area (Å²) in [5, 5.41) is 0. The van der Waals surface area contributed by atoms with Crippen molar-refractivity contribution in [2.24, 2.45) is 11.8 Å².